The van der Waals surface area contributed by atoms with Crippen molar-refractivity contribution >= 4 is 11.9 Å². The SMILES string of the molecule is C=C[C@H]1C[C@@H](/C=C/C(=O)OC)[C@H](N)[C@@H]1C(=O)OCC. The number of allylic oxidation sites excluding steroid dienone is 1. The maximum Gasteiger partial charge on any atom is 0.330 e. The molecule has 0 amide bonds. The van der Waals surface area contributed by atoms with Crippen LogP contribution >= 0.6 is 0 Å². The number of esters is 2. The fourth-order valence-corrected chi connectivity index (χ4v) is 2.46. The summed E-state index contributed by atoms with van der Waals surface area (Å²) in [5.41, 5.74) is 6.10. The van der Waals surface area contributed by atoms with Crippen LogP contribution in [0.25, 0.3) is 0 Å². The zero-order valence-corrected chi connectivity index (χ0v) is 11.4. The summed E-state index contributed by atoms with van der Waals surface area (Å²) in [7, 11) is 1.31. The maximum atomic E-state index is 11.9. The van der Waals surface area contributed by atoms with E-state index in [1.54, 1.807) is 19.1 Å². The van der Waals surface area contributed by atoms with Gasteiger partial charge in [-0.15, -0.1) is 6.58 Å². The van der Waals surface area contributed by atoms with Crippen LogP contribution in [0.4, 0.5) is 0 Å². The minimum atomic E-state index is -0.429. The minimum Gasteiger partial charge on any atom is -0.466 e. The lowest BCUT2D eigenvalue weighted by atomic mass is 9.93. The van der Waals surface area contributed by atoms with Crippen LogP contribution in [0.15, 0.2) is 24.8 Å². The average Bonchev–Trinajstić information content (AvgIpc) is 2.72. The number of carbonyl (C=O) groups excluding carboxylic acids is 2. The van der Waals surface area contributed by atoms with E-state index in [0.717, 1.165) is 0 Å². The van der Waals surface area contributed by atoms with Gasteiger partial charge in [0.25, 0.3) is 0 Å². The van der Waals surface area contributed by atoms with E-state index >= 15 is 0 Å². The Hall–Kier alpha value is -1.62. The highest BCUT2D eigenvalue weighted by molar-refractivity contribution is 5.82. The molecule has 0 aliphatic heterocycles. The summed E-state index contributed by atoms with van der Waals surface area (Å²) in [6.45, 7) is 5.82. The second kappa shape index (κ2) is 7.09. The van der Waals surface area contributed by atoms with Crippen LogP contribution in [0, 0.1) is 17.8 Å². The number of hydrogen-bond donors (Lipinski definition) is 1. The molecule has 1 aliphatic carbocycles. The summed E-state index contributed by atoms with van der Waals surface area (Å²) in [6, 6.07) is -0.372. The molecule has 1 rings (SSSR count). The van der Waals surface area contributed by atoms with Gasteiger partial charge in [0.05, 0.1) is 19.6 Å². The topological polar surface area (TPSA) is 78.6 Å². The van der Waals surface area contributed by atoms with Gasteiger partial charge in [0, 0.05) is 12.1 Å². The molecular weight excluding hydrogens is 246 g/mol. The van der Waals surface area contributed by atoms with Gasteiger partial charge in [-0.25, -0.2) is 4.79 Å². The lowest BCUT2D eigenvalue weighted by Crippen LogP contribution is -2.37. The molecule has 2 N–H and O–H groups in total. The minimum absolute atomic E-state index is 0.0265. The summed E-state index contributed by atoms with van der Waals surface area (Å²) in [5.74, 6) is -1.21. The molecular formula is C14H21NO4. The molecule has 1 saturated carbocycles. The van der Waals surface area contributed by atoms with Gasteiger partial charge in [0.15, 0.2) is 0 Å². The molecule has 106 valence electrons. The number of nitrogens with two attached hydrogens (primary N) is 1. The van der Waals surface area contributed by atoms with Crippen molar-refractivity contribution in [3.63, 3.8) is 0 Å². The molecule has 1 aliphatic rings. The van der Waals surface area contributed by atoms with Crippen LogP contribution in [-0.4, -0.2) is 31.7 Å². The number of carbonyl (C=O) groups is 2. The van der Waals surface area contributed by atoms with Crippen LogP contribution in [0.3, 0.4) is 0 Å². The van der Waals surface area contributed by atoms with Gasteiger partial charge in [0.1, 0.15) is 0 Å². The Balaban J connectivity index is 2.79. The number of rotatable bonds is 5. The highest BCUT2D eigenvalue weighted by Crippen LogP contribution is 2.37. The van der Waals surface area contributed by atoms with Crippen molar-refractivity contribution in [1.82, 2.24) is 0 Å². The Morgan fingerprint density at radius 2 is 2.11 bits per heavy atom. The Bertz CT molecular complexity index is 378. The van der Waals surface area contributed by atoms with Crippen LogP contribution < -0.4 is 5.73 Å². The van der Waals surface area contributed by atoms with Crippen molar-refractivity contribution in [3.05, 3.63) is 24.8 Å². The average molecular weight is 267 g/mol. The summed E-state index contributed by atoms with van der Waals surface area (Å²) in [6.07, 6.45) is 5.46. The fraction of sp³-hybridized carbons (Fsp3) is 0.571. The standard InChI is InChI=1S/C14H21NO4/c1-4-9-8-10(6-7-11(16)18-3)13(15)12(9)14(17)19-5-2/h4,6-7,9-10,12-13H,1,5,8,15H2,2-3H3/b7-6+/t9-,10+,12+,13-/m0/s1. The molecule has 0 aromatic rings. The molecule has 0 aromatic heterocycles. The third-order valence-corrected chi connectivity index (χ3v) is 3.46. The Morgan fingerprint density at radius 3 is 2.63 bits per heavy atom. The largest absolute Gasteiger partial charge is 0.466 e. The molecule has 0 bridgehead atoms. The fourth-order valence-electron chi connectivity index (χ4n) is 2.46. The van der Waals surface area contributed by atoms with E-state index in [0.29, 0.717) is 13.0 Å². The second-order valence-electron chi connectivity index (χ2n) is 4.54. The number of ether oxygens (including phenoxy) is 2. The van der Waals surface area contributed by atoms with E-state index in [1.807, 2.05) is 0 Å². The van der Waals surface area contributed by atoms with Crippen LogP contribution in [-0.2, 0) is 19.1 Å². The van der Waals surface area contributed by atoms with Gasteiger partial charge in [-0.3, -0.25) is 4.79 Å². The third kappa shape index (κ3) is 3.67. The van der Waals surface area contributed by atoms with E-state index < -0.39 is 11.9 Å². The smallest absolute Gasteiger partial charge is 0.330 e. The predicted octanol–water partition coefficient (Wildman–Crippen LogP) is 1.04. The summed E-state index contributed by atoms with van der Waals surface area (Å²) in [5, 5.41) is 0. The van der Waals surface area contributed by atoms with Crippen LogP contribution in [0.1, 0.15) is 13.3 Å². The van der Waals surface area contributed by atoms with Gasteiger partial charge in [-0.05, 0) is 25.2 Å². The van der Waals surface area contributed by atoms with Crippen molar-refractivity contribution in [2.75, 3.05) is 13.7 Å². The van der Waals surface area contributed by atoms with E-state index in [2.05, 4.69) is 11.3 Å². The first-order valence-corrected chi connectivity index (χ1v) is 6.36. The van der Waals surface area contributed by atoms with Gasteiger partial charge < -0.3 is 15.2 Å². The van der Waals surface area contributed by atoms with E-state index in [9.17, 15) is 9.59 Å². The molecule has 0 heterocycles. The normalized spacial score (nSPS) is 30.3. The zero-order chi connectivity index (χ0) is 14.4. The predicted molar refractivity (Wildman–Crippen MR) is 71.0 cm³/mol. The number of methoxy groups -OCH3 is 1. The molecule has 0 spiro atoms. The van der Waals surface area contributed by atoms with E-state index in [1.165, 1.54) is 13.2 Å². The third-order valence-electron chi connectivity index (χ3n) is 3.46. The lowest BCUT2D eigenvalue weighted by Gasteiger charge is -2.19. The van der Waals surface area contributed by atoms with Crippen molar-refractivity contribution in [1.29, 1.82) is 0 Å². The summed E-state index contributed by atoms with van der Waals surface area (Å²) >= 11 is 0. The van der Waals surface area contributed by atoms with Gasteiger partial charge in [-0.2, -0.15) is 0 Å². The first-order chi connectivity index (χ1) is 9.04. The molecule has 19 heavy (non-hydrogen) atoms. The van der Waals surface area contributed by atoms with Crippen molar-refractivity contribution in [2.24, 2.45) is 23.5 Å². The quantitative estimate of drug-likeness (QED) is 0.457. The molecule has 5 heteroatoms. The molecule has 0 aromatic carbocycles. The van der Waals surface area contributed by atoms with Crippen LogP contribution in [0.5, 0.6) is 0 Å². The Kier molecular flexibility index (Phi) is 5.76. The highest BCUT2D eigenvalue weighted by atomic mass is 16.5. The lowest BCUT2D eigenvalue weighted by molar-refractivity contribution is -0.149. The monoisotopic (exact) mass is 267 g/mol. The van der Waals surface area contributed by atoms with Crippen molar-refractivity contribution in [3.8, 4) is 0 Å². The van der Waals surface area contributed by atoms with Crippen LogP contribution in [0.2, 0.25) is 0 Å². The molecule has 5 nitrogen and oxygen atoms in total. The first-order valence-electron chi connectivity index (χ1n) is 6.36. The Morgan fingerprint density at radius 1 is 1.42 bits per heavy atom. The summed E-state index contributed by atoms with van der Waals surface area (Å²) in [4.78, 5) is 23.0. The van der Waals surface area contributed by atoms with Gasteiger partial charge >= 0.3 is 11.9 Å². The summed E-state index contributed by atoms with van der Waals surface area (Å²) < 4.78 is 9.57. The Labute approximate surface area is 113 Å². The molecule has 0 saturated heterocycles. The van der Waals surface area contributed by atoms with E-state index in [4.69, 9.17) is 10.5 Å². The maximum absolute atomic E-state index is 11.9. The molecule has 0 radical (unpaired) electrons. The van der Waals surface area contributed by atoms with Gasteiger partial charge in [0.2, 0.25) is 0 Å². The molecule has 1 fully saturated rings. The molecule has 4 atom stereocenters. The van der Waals surface area contributed by atoms with Crippen molar-refractivity contribution in [2.45, 2.75) is 19.4 Å². The number of hydrogen-bond acceptors (Lipinski definition) is 5. The first kappa shape index (κ1) is 15.4. The highest BCUT2D eigenvalue weighted by Gasteiger charge is 2.43. The zero-order valence-electron chi connectivity index (χ0n) is 11.4. The van der Waals surface area contributed by atoms with E-state index in [-0.39, 0.29) is 23.8 Å². The van der Waals surface area contributed by atoms with Crippen molar-refractivity contribution < 1.29 is 19.1 Å². The molecule has 0 unspecified atom stereocenters. The van der Waals surface area contributed by atoms with Gasteiger partial charge in [-0.1, -0.05) is 12.2 Å². The second-order valence-corrected chi connectivity index (χ2v) is 4.54.